The topological polar surface area (TPSA) is 134 Å². The van der Waals surface area contributed by atoms with Crippen molar-refractivity contribution in [2.24, 2.45) is 0 Å². The summed E-state index contributed by atoms with van der Waals surface area (Å²) in [5.74, 6) is 0. The molecule has 3 atom stereocenters. The number of carbonyl (C=O) groups excluding carboxylic acids is 1. The standard InChI is InChI=1S/C21H28N2O7S2/c1-15-10-12-17(13-11-15)32(27,28)29-14-18(22-20(24)30-21(2,3)4)19(23-31(25)26)16-8-6-5-7-9-16/h5-13,18-19,23H,14H2,1-4H3,(H,22,24)(H,25,26)/p-1/t18-,19+/m1/s1. The predicted molar refractivity (Wildman–Crippen MR) is 119 cm³/mol. The summed E-state index contributed by atoms with van der Waals surface area (Å²) in [6, 6.07) is 12.3. The molecule has 0 aliphatic carbocycles. The van der Waals surface area contributed by atoms with Gasteiger partial charge in [-0.15, -0.1) is 0 Å². The van der Waals surface area contributed by atoms with Crippen LogP contribution in [0.5, 0.6) is 0 Å². The third-order valence-electron chi connectivity index (χ3n) is 4.20. The van der Waals surface area contributed by atoms with Crippen LogP contribution < -0.4 is 10.0 Å². The molecule has 0 saturated carbocycles. The molecule has 2 aromatic rings. The second-order valence-corrected chi connectivity index (χ2v) is 10.4. The van der Waals surface area contributed by atoms with E-state index in [0.29, 0.717) is 5.56 Å². The third-order valence-corrected chi connectivity index (χ3v) is 5.94. The van der Waals surface area contributed by atoms with Crippen molar-refractivity contribution in [3.63, 3.8) is 0 Å². The summed E-state index contributed by atoms with van der Waals surface area (Å²) in [5, 5.41) is 2.52. The zero-order valence-electron chi connectivity index (χ0n) is 18.2. The van der Waals surface area contributed by atoms with Gasteiger partial charge in [0.15, 0.2) is 0 Å². The van der Waals surface area contributed by atoms with Crippen LogP contribution in [0.25, 0.3) is 0 Å². The first kappa shape index (κ1) is 25.9. The number of nitrogens with one attached hydrogen (secondary N) is 2. The molecule has 0 radical (unpaired) electrons. The fraction of sp³-hybridized carbons (Fsp3) is 0.381. The van der Waals surface area contributed by atoms with Crippen LogP contribution in [0.4, 0.5) is 4.79 Å². The first-order chi connectivity index (χ1) is 14.9. The quantitative estimate of drug-likeness (QED) is 0.414. The third kappa shape index (κ3) is 8.32. The highest BCUT2D eigenvalue weighted by Gasteiger charge is 2.30. The van der Waals surface area contributed by atoms with E-state index in [1.54, 1.807) is 63.2 Å². The molecule has 11 heteroatoms. The van der Waals surface area contributed by atoms with Crippen LogP contribution in [0.1, 0.15) is 37.9 Å². The van der Waals surface area contributed by atoms with Gasteiger partial charge in [0.1, 0.15) is 5.60 Å². The number of carbonyl (C=O) groups is 1. The minimum Gasteiger partial charge on any atom is -0.760 e. The maximum Gasteiger partial charge on any atom is 0.408 e. The summed E-state index contributed by atoms with van der Waals surface area (Å²) in [5.41, 5.74) is 0.550. The minimum atomic E-state index is -4.16. The number of benzene rings is 2. The van der Waals surface area contributed by atoms with Crippen molar-refractivity contribution in [2.45, 2.75) is 50.3 Å². The number of aryl methyl sites for hydroxylation is 1. The van der Waals surface area contributed by atoms with Crippen molar-refractivity contribution in [3.8, 4) is 0 Å². The number of alkyl carbamates (subject to hydrolysis) is 1. The van der Waals surface area contributed by atoms with Crippen LogP contribution in [-0.2, 0) is 30.3 Å². The zero-order valence-corrected chi connectivity index (χ0v) is 19.9. The van der Waals surface area contributed by atoms with Crippen LogP contribution in [0.2, 0.25) is 0 Å². The molecule has 2 rings (SSSR count). The van der Waals surface area contributed by atoms with E-state index in [4.69, 9.17) is 8.92 Å². The fourth-order valence-corrected chi connectivity index (χ4v) is 4.20. The van der Waals surface area contributed by atoms with Gasteiger partial charge < -0.3 is 14.6 Å². The SMILES string of the molecule is Cc1ccc(S(=O)(=O)OC[C@@H](NC(=O)OC(C)(C)C)[C@@H](NS(=O)[O-])c2ccccc2)cc1. The maximum atomic E-state index is 12.6. The Morgan fingerprint density at radius 3 is 2.22 bits per heavy atom. The van der Waals surface area contributed by atoms with Crippen molar-refractivity contribution >= 4 is 27.5 Å². The van der Waals surface area contributed by atoms with E-state index < -0.39 is 51.8 Å². The summed E-state index contributed by atoms with van der Waals surface area (Å²) in [7, 11) is -4.16. The molecular formula is C21H27N2O7S2-. The molecule has 0 fully saturated rings. The van der Waals surface area contributed by atoms with E-state index in [0.717, 1.165) is 5.56 Å². The van der Waals surface area contributed by atoms with E-state index in [1.807, 2.05) is 6.92 Å². The zero-order chi connectivity index (χ0) is 23.9. The van der Waals surface area contributed by atoms with E-state index >= 15 is 0 Å². The number of amides is 1. The first-order valence-electron chi connectivity index (χ1n) is 9.73. The molecule has 0 spiro atoms. The van der Waals surface area contributed by atoms with Crippen LogP contribution in [0, 0.1) is 6.92 Å². The smallest absolute Gasteiger partial charge is 0.408 e. The highest BCUT2D eigenvalue weighted by Crippen LogP contribution is 2.21. The normalized spacial score (nSPS) is 14.9. The van der Waals surface area contributed by atoms with Crippen LogP contribution in [0.3, 0.4) is 0 Å². The molecule has 0 aliphatic heterocycles. The molecule has 176 valence electrons. The lowest BCUT2D eigenvalue weighted by molar-refractivity contribution is 0.0475. The Hall–Kier alpha value is -2.31. The summed E-state index contributed by atoms with van der Waals surface area (Å²) in [6.45, 7) is 6.27. The molecule has 9 nitrogen and oxygen atoms in total. The number of ether oxygens (including phenoxy) is 1. The van der Waals surface area contributed by atoms with Gasteiger partial charge >= 0.3 is 6.09 Å². The van der Waals surface area contributed by atoms with Crippen LogP contribution in [0.15, 0.2) is 59.5 Å². The molecule has 0 bridgehead atoms. The molecule has 0 aliphatic rings. The van der Waals surface area contributed by atoms with Crippen LogP contribution >= 0.6 is 0 Å². The minimum absolute atomic E-state index is 0.0595. The van der Waals surface area contributed by atoms with Gasteiger partial charge in [-0.05, 0) is 45.4 Å². The Kier molecular flexibility index (Phi) is 8.93. The fourth-order valence-electron chi connectivity index (χ4n) is 2.76. The lowest BCUT2D eigenvalue weighted by Crippen LogP contribution is -2.49. The lowest BCUT2D eigenvalue weighted by atomic mass is 10.0. The summed E-state index contributed by atoms with van der Waals surface area (Å²) in [4.78, 5) is 12.3. The molecule has 2 N–H and O–H groups in total. The van der Waals surface area contributed by atoms with Gasteiger partial charge in [0, 0.05) is 11.3 Å². The van der Waals surface area contributed by atoms with E-state index in [1.165, 1.54) is 12.1 Å². The molecule has 0 aromatic heterocycles. The molecule has 1 amide bonds. The first-order valence-corrected chi connectivity index (χ1v) is 12.2. The van der Waals surface area contributed by atoms with Gasteiger partial charge in [-0.25, -0.2) is 9.52 Å². The van der Waals surface area contributed by atoms with E-state index in [2.05, 4.69) is 10.0 Å². The summed E-state index contributed by atoms with van der Waals surface area (Å²) in [6.07, 6.45) is -0.849. The number of hydrogen-bond donors (Lipinski definition) is 2. The molecule has 32 heavy (non-hydrogen) atoms. The van der Waals surface area contributed by atoms with E-state index in [-0.39, 0.29) is 4.90 Å². The van der Waals surface area contributed by atoms with Gasteiger partial charge in [0.05, 0.1) is 23.6 Å². The predicted octanol–water partition coefficient (Wildman–Crippen LogP) is 2.72. The monoisotopic (exact) mass is 483 g/mol. The molecule has 0 saturated heterocycles. The van der Waals surface area contributed by atoms with Crippen molar-refractivity contribution < 1.29 is 30.9 Å². The van der Waals surface area contributed by atoms with Gasteiger partial charge in [-0.3, -0.25) is 8.39 Å². The second kappa shape index (κ2) is 11.0. The van der Waals surface area contributed by atoms with Crippen molar-refractivity contribution in [1.29, 1.82) is 0 Å². The van der Waals surface area contributed by atoms with Gasteiger partial charge in [-0.1, -0.05) is 48.0 Å². The average Bonchev–Trinajstić information content (AvgIpc) is 2.69. The highest BCUT2D eigenvalue weighted by atomic mass is 32.2. The molecule has 2 aromatic carbocycles. The Morgan fingerprint density at radius 1 is 1.09 bits per heavy atom. The van der Waals surface area contributed by atoms with Gasteiger partial charge in [-0.2, -0.15) is 8.42 Å². The second-order valence-electron chi connectivity index (χ2n) is 8.05. The lowest BCUT2D eigenvalue weighted by Gasteiger charge is -2.30. The number of rotatable bonds is 9. The van der Waals surface area contributed by atoms with Crippen molar-refractivity contribution in [2.75, 3.05) is 6.61 Å². The Morgan fingerprint density at radius 2 is 1.69 bits per heavy atom. The number of hydrogen-bond acceptors (Lipinski definition) is 7. The Bertz CT molecular complexity index is 1020. The Labute approximate surface area is 191 Å². The summed E-state index contributed by atoms with van der Waals surface area (Å²) < 4.78 is 60.9. The van der Waals surface area contributed by atoms with Gasteiger partial charge in [0.25, 0.3) is 10.1 Å². The largest absolute Gasteiger partial charge is 0.760 e. The summed E-state index contributed by atoms with van der Waals surface area (Å²) >= 11 is -2.71. The van der Waals surface area contributed by atoms with Gasteiger partial charge in [0.2, 0.25) is 0 Å². The van der Waals surface area contributed by atoms with E-state index in [9.17, 15) is 22.0 Å². The molecule has 0 heterocycles. The average molecular weight is 484 g/mol. The maximum absolute atomic E-state index is 12.6. The molecule has 1 unspecified atom stereocenters. The highest BCUT2D eigenvalue weighted by molar-refractivity contribution is 7.86. The molecular weight excluding hydrogens is 456 g/mol. The van der Waals surface area contributed by atoms with Crippen molar-refractivity contribution in [3.05, 3.63) is 65.7 Å². The Balaban J connectivity index is 2.32. The van der Waals surface area contributed by atoms with Crippen molar-refractivity contribution in [1.82, 2.24) is 10.0 Å². The van der Waals surface area contributed by atoms with Crippen LogP contribution in [-0.4, -0.2) is 41.5 Å².